The Bertz CT molecular complexity index is 789. The Hall–Kier alpha value is -2.14. The third-order valence-corrected chi connectivity index (χ3v) is 4.25. The lowest BCUT2D eigenvalue weighted by Gasteiger charge is -1.98. The molecule has 10 heteroatoms. The second-order valence-corrected chi connectivity index (χ2v) is 6.81. The lowest BCUT2D eigenvalue weighted by molar-refractivity contribution is 0.481. The minimum absolute atomic E-state index is 0.0509. The molecule has 2 aromatic carbocycles. The number of anilines is 2. The summed E-state index contributed by atoms with van der Waals surface area (Å²) >= 11 is 0. The van der Waals surface area contributed by atoms with Crippen LogP contribution in [-0.4, -0.2) is 25.9 Å². The van der Waals surface area contributed by atoms with Crippen molar-refractivity contribution < 1.29 is 25.9 Å². The molecule has 0 aromatic heterocycles. The van der Waals surface area contributed by atoms with Gasteiger partial charge in [0.05, 0.1) is 11.4 Å². The molecule has 0 aliphatic heterocycles. The van der Waals surface area contributed by atoms with Crippen LogP contribution >= 0.6 is 0 Å². The van der Waals surface area contributed by atoms with Gasteiger partial charge in [0.1, 0.15) is 9.79 Å². The van der Waals surface area contributed by atoms with Crippen molar-refractivity contribution in [2.45, 2.75) is 9.79 Å². The first-order valence-corrected chi connectivity index (χ1v) is 8.55. The summed E-state index contributed by atoms with van der Waals surface area (Å²) in [5.41, 5.74) is 10.6. The third kappa shape index (κ3) is 5.00. The molecule has 0 spiro atoms. The molecule has 0 unspecified atom stereocenters. The molecule has 0 bridgehead atoms. The number of para-hydroxylation sites is 2. The first kappa shape index (κ1) is 17.9. The second kappa shape index (κ2) is 6.75. The number of benzene rings is 2. The lowest BCUT2D eigenvalue weighted by atomic mass is 10.3. The Morgan fingerprint density at radius 2 is 0.909 bits per heavy atom. The van der Waals surface area contributed by atoms with Crippen molar-refractivity contribution in [1.29, 1.82) is 0 Å². The molecular formula is C12H14N2O6S2. The standard InChI is InChI=1S/2C6H7NO3S/c2*7-5-3-1-2-4-6(5)11(8,9)10/h2*1-4H,7H2,(H,8,9,10). The quantitative estimate of drug-likeness (QED) is 0.463. The van der Waals surface area contributed by atoms with E-state index in [9.17, 15) is 16.8 Å². The molecule has 0 saturated carbocycles. The Labute approximate surface area is 127 Å². The highest BCUT2D eigenvalue weighted by Crippen LogP contribution is 2.16. The van der Waals surface area contributed by atoms with E-state index in [0.717, 1.165) is 0 Å². The predicted molar refractivity (Wildman–Crippen MR) is 81.3 cm³/mol. The van der Waals surface area contributed by atoms with Crippen LogP contribution in [0.15, 0.2) is 58.3 Å². The largest absolute Gasteiger partial charge is 0.398 e. The molecule has 0 saturated heterocycles. The molecule has 0 aliphatic rings. The average Bonchev–Trinajstić information content (AvgIpc) is 2.37. The van der Waals surface area contributed by atoms with Gasteiger partial charge in [-0.1, -0.05) is 24.3 Å². The highest BCUT2D eigenvalue weighted by molar-refractivity contribution is 7.86. The van der Waals surface area contributed by atoms with Gasteiger partial charge in [-0.25, -0.2) is 0 Å². The first-order chi connectivity index (χ1) is 10.0. The van der Waals surface area contributed by atoms with Gasteiger partial charge in [0.25, 0.3) is 20.2 Å². The zero-order valence-corrected chi connectivity index (χ0v) is 12.8. The SMILES string of the molecule is Nc1ccccc1S(=O)(=O)O.Nc1ccccc1S(=O)(=O)O. The molecule has 0 heterocycles. The minimum atomic E-state index is -4.16. The van der Waals surface area contributed by atoms with Crippen molar-refractivity contribution in [3.05, 3.63) is 48.5 Å². The Kier molecular flexibility index (Phi) is 5.49. The molecule has 8 nitrogen and oxygen atoms in total. The van der Waals surface area contributed by atoms with Gasteiger partial charge in [-0.2, -0.15) is 16.8 Å². The Balaban J connectivity index is 0.000000220. The van der Waals surface area contributed by atoms with Gasteiger partial charge in [0.2, 0.25) is 0 Å². The van der Waals surface area contributed by atoms with E-state index in [1.165, 1.54) is 36.4 Å². The van der Waals surface area contributed by atoms with Crippen molar-refractivity contribution in [2.24, 2.45) is 0 Å². The van der Waals surface area contributed by atoms with Crippen LogP contribution in [0.5, 0.6) is 0 Å². The maximum absolute atomic E-state index is 10.5. The molecule has 6 N–H and O–H groups in total. The van der Waals surface area contributed by atoms with Crippen LogP contribution in [0.25, 0.3) is 0 Å². The summed E-state index contributed by atoms with van der Waals surface area (Å²) in [6.45, 7) is 0. The third-order valence-electron chi connectivity index (χ3n) is 2.39. The van der Waals surface area contributed by atoms with Crippen molar-refractivity contribution in [3.8, 4) is 0 Å². The summed E-state index contributed by atoms with van der Waals surface area (Å²) < 4.78 is 59.2. The van der Waals surface area contributed by atoms with Gasteiger partial charge in [-0.15, -0.1) is 0 Å². The summed E-state index contributed by atoms with van der Waals surface area (Å²) in [6.07, 6.45) is 0. The fourth-order valence-electron chi connectivity index (χ4n) is 1.43. The van der Waals surface area contributed by atoms with Crippen LogP contribution in [0.2, 0.25) is 0 Å². The molecule has 2 rings (SSSR count). The van der Waals surface area contributed by atoms with Crippen molar-refractivity contribution >= 4 is 31.6 Å². The van der Waals surface area contributed by atoms with E-state index in [-0.39, 0.29) is 21.2 Å². The summed E-state index contributed by atoms with van der Waals surface area (Å²) in [6, 6.07) is 11.4. The summed E-state index contributed by atoms with van der Waals surface area (Å²) in [4.78, 5) is -0.500. The zero-order chi connectivity index (χ0) is 17.0. The fraction of sp³-hybridized carbons (Fsp3) is 0. The average molecular weight is 346 g/mol. The monoisotopic (exact) mass is 346 g/mol. The normalized spacial score (nSPS) is 11.4. The van der Waals surface area contributed by atoms with Gasteiger partial charge in [-0.05, 0) is 24.3 Å². The van der Waals surface area contributed by atoms with Crippen LogP contribution in [0.3, 0.4) is 0 Å². The van der Waals surface area contributed by atoms with Crippen molar-refractivity contribution in [3.63, 3.8) is 0 Å². The molecule has 120 valence electrons. The predicted octanol–water partition coefficient (Wildman–Crippen LogP) is 1.03. The van der Waals surface area contributed by atoms with E-state index in [1.54, 1.807) is 12.1 Å². The maximum Gasteiger partial charge on any atom is 0.296 e. The van der Waals surface area contributed by atoms with Crippen molar-refractivity contribution in [2.75, 3.05) is 11.5 Å². The van der Waals surface area contributed by atoms with Gasteiger partial charge in [0, 0.05) is 0 Å². The molecule has 2 aromatic rings. The van der Waals surface area contributed by atoms with Gasteiger partial charge >= 0.3 is 0 Å². The number of rotatable bonds is 2. The van der Waals surface area contributed by atoms with Crippen LogP contribution in [0.1, 0.15) is 0 Å². The lowest BCUT2D eigenvalue weighted by Crippen LogP contribution is -2.02. The number of nitrogens with two attached hydrogens (primary N) is 2. The molecule has 0 aliphatic carbocycles. The first-order valence-electron chi connectivity index (χ1n) is 5.67. The fourth-order valence-corrected chi connectivity index (χ4v) is 2.66. The number of hydrogen-bond acceptors (Lipinski definition) is 6. The molecular weight excluding hydrogens is 332 g/mol. The Morgan fingerprint density at radius 3 is 1.09 bits per heavy atom. The molecule has 22 heavy (non-hydrogen) atoms. The van der Waals surface area contributed by atoms with Gasteiger partial charge in [0.15, 0.2) is 0 Å². The van der Waals surface area contributed by atoms with E-state index >= 15 is 0 Å². The van der Waals surface area contributed by atoms with Crippen LogP contribution in [0.4, 0.5) is 11.4 Å². The second-order valence-electron chi connectivity index (χ2n) is 4.03. The van der Waals surface area contributed by atoms with Gasteiger partial charge < -0.3 is 11.5 Å². The van der Waals surface area contributed by atoms with E-state index < -0.39 is 20.2 Å². The molecule has 0 atom stereocenters. The van der Waals surface area contributed by atoms with E-state index in [0.29, 0.717) is 0 Å². The topological polar surface area (TPSA) is 161 Å². The minimum Gasteiger partial charge on any atom is -0.398 e. The van der Waals surface area contributed by atoms with E-state index in [1.807, 2.05) is 0 Å². The zero-order valence-electron chi connectivity index (χ0n) is 11.1. The van der Waals surface area contributed by atoms with Crippen LogP contribution in [-0.2, 0) is 20.2 Å². The smallest absolute Gasteiger partial charge is 0.296 e. The Morgan fingerprint density at radius 1 is 0.636 bits per heavy atom. The number of hydrogen-bond donors (Lipinski definition) is 4. The van der Waals surface area contributed by atoms with Crippen LogP contribution < -0.4 is 11.5 Å². The van der Waals surface area contributed by atoms with E-state index in [2.05, 4.69) is 0 Å². The van der Waals surface area contributed by atoms with Crippen molar-refractivity contribution in [1.82, 2.24) is 0 Å². The van der Waals surface area contributed by atoms with Gasteiger partial charge in [-0.3, -0.25) is 9.11 Å². The van der Waals surface area contributed by atoms with Crippen LogP contribution in [0, 0.1) is 0 Å². The summed E-state index contributed by atoms with van der Waals surface area (Å²) in [7, 11) is -8.32. The molecule has 0 radical (unpaired) electrons. The maximum atomic E-state index is 10.5. The molecule has 0 fully saturated rings. The highest BCUT2D eigenvalue weighted by atomic mass is 32.2. The molecule has 0 amide bonds. The summed E-state index contributed by atoms with van der Waals surface area (Å²) in [5.74, 6) is 0. The summed E-state index contributed by atoms with van der Waals surface area (Å²) in [5, 5.41) is 0. The number of nitrogen functional groups attached to an aromatic ring is 2. The highest BCUT2D eigenvalue weighted by Gasteiger charge is 2.12. The van der Waals surface area contributed by atoms with E-state index in [4.69, 9.17) is 20.6 Å².